The third-order valence-corrected chi connectivity index (χ3v) is 4.95. The minimum Gasteiger partial charge on any atom is -0.493 e. The molecule has 0 aromatic heterocycles. The summed E-state index contributed by atoms with van der Waals surface area (Å²) < 4.78 is 15.2. The zero-order valence-electron chi connectivity index (χ0n) is 17.1. The van der Waals surface area contributed by atoms with Crippen molar-refractivity contribution < 1.29 is 28.6 Å². The van der Waals surface area contributed by atoms with Gasteiger partial charge in [-0.2, -0.15) is 0 Å². The number of methoxy groups -OCH3 is 3. The molecule has 1 aliphatic heterocycles. The maximum Gasteiger partial charge on any atom is 0.337 e. The zero-order chi connectivity index (χ0) is 21.7. The van der Waals surface area contributed by atoms with Crippen molar-refractivity contribution >= 4 is 23.5 Å². The van der Waals surface area contributed by atoms with E-state index >= 15 is 0 Å². The van der Waals surface area contributed by atoms with Crippen LogP contribution in [-0.4, -0.2) is 51.7 Å². The van der Waals surface area contributed by atoms with Crippen LogP contribution in [0.1, 0.15) is 22.3 Å². The third-order valence-electron chi connectivity index (χ3n) is 4.95. The van der Waals surface area contributed by atoms with Crippen LogP contribution < -0.4 is 19.7 Å². The molecule has 2 aromatic carbocycles. The number of imide groups is 1. The first-order valence-corrected chi connectivity index (χ1v) is 9.48. The number of carbonyl (C=O) groups excluding carboxylic acids is 3. The van der Waals surface area contributed by atoms with Crippen LogP contribution in [0.5, 0.6) is 11.5 Å². The molecule has 0 saturated carbocycles. The molecule has 158 valence electrons. The van der Waals surface area contributed by atoms with Crippen molar-refractivity contribution in [2.24, 2.45) is 0 Å². The van der Waals surface area contributed by atoms with Gasteiger partial charge in [-0.25, -0.2) is 9.69 Å². The fourth-order valence-corrected chi connectivity index (χ4v) is 3.35. The number of carbonyl (C=O) groups is 3. The van der Waals surface area contributed by atoms with Gasteiger partial charge >= 0.3 is 5.97 Å². The number of benzene rings is 2. The predicted octanol–water partition coefficient (Wildman–Crippen LogP) is 1.95. The Morgan fingerprint density at radius 1 is 1.03 bits per heavy atom. The summed E-state index contributed by atoms with van der Waals surface area (Å²) >= 11 is 0. The predicted molar refractivity (Wildman–Crippen MR) is 110 cm³/mol. The van der Waals surface area contributed by atoms with Gasteiger partial charge < -0.3 is 19.5 Å². The van der Waals surface area contributed by atoms with Crippen LogP contribution in [0.15, 0.2) is 42.5 Å². The SMILES string of the molecule is COC(=O)c1ccc(N2C(=O)CC(NCCc3ccc(OC)c(OC)c3)C2=O)cc1. The average molecular weight is 412 g/mol. The normalized spacial score (nSPS) is 16.0. The molecule has 1 atom stereocenters. The van der Waals surface area contributed by atoms with Crippen LogP contribution >= 0.6 is 0 Å². The highest BCUT2D eigenvalue weighted by Gasteiger charge is 2.39. The molecule has 1 heterocycles. The van der Waals surface area contributed by atoms with Gasteiger partial charge in [0.1, 0.15) is 0 Å². The molecule has 8 nitrogen and oxygen atoms in total. The summed E-state index contributed by atoms with van der Waals surface area (Å²) in [6.07, 6.45) is 0.746. The van der Waals surface area contributed by atoms with E-state index in [0.717, 1.165) is 10.5 Å². The van der Waals surface area contributed by atoms with E-state index in [1.165, 1.54) is 19.2 Å². The topological polar surface area (TPSA) is 94.2 Å². The standard InChI is InChI=1S/C22H24N2O6/c1-28-18-9-4-14(12-19(18)29-2)10-11-23-17-13-20(25)24(21(17)26)16-7-5-15(6-8-16)22(27)30-3/h4-9,12,17,23H,10-11,13H2,1-3H3. The third kappa shape index (κ3) is 4.44. The van der Waals surface area contributed by atoms with Crippen LogP contribution in [0.25, 0.3) is 0 Å². The number of nitrogens with one attached hydrogen (secondary N) is 1. The van der Waals surface area contributed by atoms with Crippen LogP contribution in [-0.2, 0) is 20.7 Å². The van der Waals surface area contributed by atoms with E-state index in [9.17, 15) is 14.4 Å². The first-order valence-electron chi connectivity index (χ1n) is 9.48. The number of esters is 1. The Morgan fingerprint density at radius 3 is 2.37 bits per heavy atom. The summed E-state index contributed by atoms with van der Waals surface area (Å²) in [6.45, 7) is 0.522. The molecule has 1 N–H and O–H groups in total. The highest BCUT2D eigenvalue weighted by atomic mass is 16.5. The molecule has 1 unspecified atom stereocenters. The number of anilines is 1. The van der Waals surface area contributed by atoms with Crippen molar-refractivity contribution in [2.75, 3.05) is 32.8 Å². The molecule has 2 aromatic rings. The number of hydrogen-bond donors (Lipinski definition) is 1. The summed E-state index contributed by atoms with van der Waals surface area (Å²) in [5.74, 6) is 0.228. The maximum atomic E-state index is 12.7. The van der Waals surface area contributed by atoms with Gasteiger partial charge in [-0.05, 0) is 54.9 Å². The maximum absolute atomic E-state index is 12.7. The molecule has 1 aliphatic rings. The van der Waals surface area contributed by atoms with E-state index in [4.69, 9.17) is 9.47 Å². The lowest BCUT2D eigenvalue weighted by atomic mass is 10.1. The summed E-state index contributed by atoms with van der Waals surface area (Å²) in [4.78, 5) is 37.8. The van der Waals surface area contributed by atoms with Gasteiger partial charge in [0.15, 0.2) is 11.5 Å². The van der Waals surface area contributed by atoms with Crippen LogP contribution in [0, 0.1) is 0 Å². The monoisotopic (exact) mass is 412 g/mol. The second kappa shape index (κ2) is 9.41. The Morgan fingerprint density at radius 2 is 1.73 bits per heavy atom. The van der Waals surface area contributed by atoms with Crippen molar-refractivity contribution in [3.8, 4) is 11.5 Å². The Labute approximate surface area is 174 Å². The van der Waals surface area contributed by atoms with Gasteiger partial charge in [0, 0.05) is 0 Å². The first kappa shape index (κ1) is 21.3. The molecular weight excluding hydrogens is 388 g/mol. The Hall–Kier alpha value is -3.39. The minimum absolute atomic E-state index is 0.0868. The second-order valence-electron chi connectivity index (χ2n) is 6.76. The van der Waals surface area contributed by atoms with E-state index in [1.54, 1.807) is 26.4 Å². The van der Waals surface area contributed by atoms with E-state index in [1.807, 2.05) is 18.2 Å². The van der Waals surface area contributed by atoms with E-state index in [-0.39, 0.29) is 18.2 Å². The Balaban J connectivity index is 1.60. The Bertz CT molecular complexity index is 941. The Kier molecular flexibility index (Phi) is 6.68. The van der Waals surface area contributed by atoms with Gasteiger partial charge in [0.25, 0.3) is 5.91 Å². The van der Waals surface area contributed by atoms with E-state index in [0.29, 0.717) is 35.7 Å². The van der Waals surface area contributed by atoms with E-state index in [2.05, 4.69) is 10.1 Å². The average Bonchev–Trinajstić information content (AvgIpc) is 3.06. The molecule has 0 spiro atoms. The molecule has 3 rings (SSSR count). The largest absolute Gasteiger partial charge is 0.493 e. The lowest BCUT2D eigenvalue weighted by molar-refractivity contribution is -0.121. The second-order valence-corrected chi connectivity index (χ2v) is 6.76. The lowest BCUT2D eigenvalue weighted by Gasteiger charge is -2.16. The van der Waals surface area contributed by atoms with Crippen molar-refractivity contribution in [3.63, 3.8) is 0 Å². The van der Waals surface area contributed by atoms with Crippen molar-refractivity contribution in [3.05, 3.63) is 53.6 Å². The number of amides is 2. The summed E-state index contributed by atoms with van der Waals surface area (Å²) in [5.41, 5.74) is 1.80. The molecular formula is C22H24N2O6. The van der Waals surface area contributed by atoms with Crippen molar-refractivity contribution in [1.29, 1.82) is 0 Å². The number of hydrogen-bond acceptors (Lipinski definition) is 7. The smallest absolute Gasteiger partial charge is 0.337 e. The summed E-state index contributed by atoms with van der Waals surface area (Å²) in [7, 11) is 4.45. The quantitative estimate of drug-likeness (QED) is 0.523. The van der Waals surface area contributed by atoms with Gasteiger partial charge in [-0.15, -0.1) is 0 Å². The summed E-state index contributed by atoms with van der Waals surface area (Å²) in [5, 5.41) is 3.16. The van der Waals surface area contributed by atoms with E-state index < -0.39 is 12.0 Å². The van der Waals surface area contributed by atoms with Gasteiger partial charge in [-0.1, -0.05) is 6.07 Å². The van der Waals surface area contributed by atoms with Gasteiger partial charge in [-0.3, -0.25) is 9.59 Å². The fourth-order valence-electron chi connectivity index (χ4n) is 3.35. The first-order chi connectivity index (χ1) is 14.5. The van der Waals surface area contributed by atoms with Gasteiger partial charge in [0.2, 0.25) is 5.91 Å². The fraction of sp³-hybridized carbons (Fsp3) is 0.318. The minimum atomic E-state index is -0.585. The molecule has 30 heavy (non-hydrogen) atoms. The zero-order valence-corrected chi connectivity index (χ0v) is 17.1. The summed E-state index contributed by atoms with van der Waals surface area (Å²) in [6, 6.07) is 11.2. The molecule has 0 aliphatic carbocycles. The number of nitrogens with zero attached hydrogens (tertiary/aromatic N) is 1. The number of rotatable bonds is 8. The molecule has 8 heteroatoms. The van der Waals surface area contributed by atoms with Crippen molar-refractivity contribution in [1.82, 2.24) is 5.32 Å². The molecule has 0 radical (unpaired) electrons. The van der Waals surface area contributed by atoms with Crippen LogP contribution in [0.4, 0.5) is 5.69 Å². The molecule has 1 saturated heterocycles. The molecule has 1 fully saturated rings. The molecule has 2 amide bonds. The highest BCUT2D eigenvalue weighted by molar-refractivity contribution is 6.22. The number of ether oxygens (including phenoxy) is 3. The highest BCUT2D eigenvalue weighted by Crippen LogP contribution is 2.28. The van der Waals surface area contributed by atoms with Gasteiger partial charge in [0.05, 0.1) is 45.0 Å². The van der Waals surface area contributed by atoms with Crippen LogP contribution in [0.3, 0.4) is 0 Å². The van der Waals surface area contributed by atoms with Crippen LogP contribution in [0.2, 0.25) is 0 Å². The molecule has 0 bridgehead atoms. The lowest BCUT2D eigenvalue weighted by Crippen LogP contribution is -2.39. The van der Waals surface area contributed by atoms with Crippen molar-refractivity contribution in [2.45, 2.75) is 18.9 Å².